The summed E-state index contributed by atoms with van der Waals surface area (Å²) in [7, 11) is 0. The van der Waals surface area contributed by atoms with E-state index in [1.807, 2.05) is 30.4 Å². The molecule has 1 aliphatic carbocycles. The summed E-state index contributed by atoms with van der Waals surface area (Å²) in [4.78, 5) is 10.8. The number of allylic oxidation sites excluding steroid dienone is 4. The minimum Gasteiger partial charge on any atom is -0.481 e. The molecule has 1 aliphatic rings. The van der Waals surface area contributed by atoms with Crippen molar-refractivity contribution < 1.29 is 19.0 Å². The highest BCUT2D eigenvalue weighted by Crippen LogP contribution is 2.29. The number of carbonyl (C=O) groups is 1. The molecule has 24 heavy (non-hydrogen) atoms. The lowest BCUT2D eigenvalue weighted by Gasteiger charge is -2.18. The van der Waals surface area contributed by atoms with Crippen LogP contribution in [0.2, 0.25) is 0 Å². The Morgan fingerprint density at radius 1 is 1.21 bits per heavy atom. The normalized spacial score (nSPS) is 16.5. The van der Waals surface area contributed by atoms with Gasteiger partial charge in [0.1, 0.15) is 17.3 Å². The van der Waals surface area contributed by atoms with Crippen molar-refractivity contribution in [2.24, 2.45) is 5.92 Å². The molecule has 0 saturated carbocycles. The third-order valence-electron chi connectivity index (χ3n) is 3.83. The molecule has 3 nitrogen and oxygen atoms in total. The first kappa shape index (κ1) is 16.0. The van der Waals surface area contributed by atoms with Gasteiger partial charge in [-0.2, -0.15) is 0 Å². The zero-order chi connectivity index (χ0) is 16.9. The van der Waals surface area contributed by atoms with E-state index in [4.69, 9.17) is 9.84 Å². The summed E-state index contributed by atoms with van der Waals surface area (Å²) >= 11 is 0. The summed E-state index contributed by atoms with van der Waals surface area (Å²) in [6, 6.07) is 13.8. The van der Waals surface area contributed by atoms with E-state index in [-0.39, 0.29) is 18.2 Å². The number of carboxylic acid groups (broad SMARTS) is 1. The average Bonchev–Trinajstić information content (AvgIpc) is 2.55. The summed E-state index contributed by atoms with van der Waals surface area (Å²) in [5.74, 6) is 0.126. The number of halogens is 1. The second kappa shape index (κ2) is 7.13. The van der Waals surface area contributed by atoms with E-state index in [9.17, 15) is 9.18 Å². The van der Waals surface area contributed by atoms with Crippen LogP contribution in [-0.2, 0) is 4.79 Å². The molecule has 0 amide bonds. The van der Waals surface area contributed by atoms with Gasteiger partial charge in [-0.3, -0.25) is 4.79 Å². The highest BCUT2D eigenvalue weighted by Gasteiger charge is 2.16. The van der Waals surface area contributed by atoms with Crippen LogP contribution in [0.1, 0.15) is 12.8 Å². The largest absolute Gasteiger partial charge is 0.481 e. The number of hydrogen-bond donors (Lipinski definition) is 1. The van der Waals surface area contributed by atoms with Gasteiger partial charge in [-0.25, -0.2) is 4.39 Å². The maximum Gasteiger partial charge on any atom is 0.303 e. The number of benzene rings is 2. The summed E-state index contributed by atoms with van der Waals surface area (Å²) in [6.45, 7) is 0. The number of rotatable bonds is 5. The van der Waals surface area contributed by atoms with E-state index in [0.29, 0.717) is 23.5 Å². The summed E-state index contributed by atoms with van der Waals surface area (Å²) in [5.41, 5.74) is 1.25. The molecule has 0 spiro atoms. The van der Waals surface area contributed by atoms with Crippen LogP contribution in [0.25, 0.3) is 11.1 Å². The quantitative estimate of drug-likeness (QED) is 0.859. The van der Waals surface area contributed by atoms with Crippen molar-refractivity contribution in [1.82, 2.24) is 0 Å². The Kier molecular flexibility index (Phi) is 4.75. The zero-order valence-electron chi connectivity index (χ0n) is 13.0. The van der Waals surface area contributed by atoms with Crippen molar-refractivity contribution >= 4 is 5.97 Å². The standard InChI is InChI=1S/C20H17FO3/c21-19-10-2-1-9-18(19)15-6-4-8-17(13-15)24-16-7-3-5-14(11-16)12-20(22)23/h1-10,13-14H,11-12H2,(H,22,23). The molecule has 2 aromatic carbocycles. The Balaban J connectivity index is 1.76. The van der Waals surface area contributed by atoms with E-state index in [1.54, 1.807) is 30.3 Å². The fourth-order valence-corrected chi connectivity index (χ4v) is 2.73. The molecule has 1 N–H and O–H groups in total. The molecular formula is C20H17FO3. The molecule has 0 heterocycles. The summed E-state index contributed by atoms with van der Waals surface area (Å²) in [6.07, 6.45) is 6.12. The van der Waals surface area contributed by atoms with E-state index in [2.05, 4.69) is 0 Å². The van der Waals surface area contributed by atoms with Crippen molar-refractivity contribution in [2.75, 3.05) is 0 Å². The molecule has 4 heteroatoms. The molecule has 0 radical (unpaired) electrons. The number of ether oxygens (including phenoxy) is 1. The van der Waals surface area contributed by atoms with Crippen LogP contribution in [0, 0.1) is 11.7 Å². The number of carboxylic acids is 1. The van der Waals surface area contributed by atoms with E-state index < -0.39 is 5.97 Å². The molecule has 0 bridgehead atoms. The highest BCUT2D eigenvalue weighted by atomic mass is 19.1. The summed E-state index contributed by atoms with van der Waals surface area (Å²) in [5, 5.41) is 8.90. The van der Waals surface area contributed by atoms with Crippen LogP contribution in [0.4, 0.5) is 4.39 Å². The Hall–Kier alpha value is -2.88. The molecular weight excluding hydrogens is 307 g/mol. The first-order valence-corrected chi connectivity index (χ1v) is 7.74. The van der Waals surface area contributed by atoms with Crippen molar-refractivity contribution in [3.63, 3.8) is 0 Å². The van der Waals surface area contributed by atoms with Crippen molar-refractivity contribution in [2.45, 2.75) is 12.8 Å². The molecule has 1 atom stereocenters. The molecule has 2 aromatic rings. The molecule has 0 aliphatic heterocycles. The number of aliphatic carboxylic acids is 1. The fourth-order valence-electron chi connectivity index (χ4n) is 2.73. The van der Waals surface area contributed by atoms with Gasteiger partial charge in [-0.1, -0.05) is 42.5 Å². The SMILES string of the molecule is O=C(O)CC1C=CC=C(Oc2cccc(-c3ccccc3F)c2)C1. The predicted octanol–water partition coefficient (Wildman–Crippen LogP) is 4.81. The van der Waals surface area contributed by atoms with Crippen LogP contribution in [-0.4, -0.2) is 11.1 Å². The van der Waals surface area contributed by atoms with Gasteiger partial charge in [0.25, 0.3) is 0 Å². The highest BCUT2D eigenvalue weighted by molar-refractivity contribution is 5.67. The van der Waals surface area contributed by atoms with E-state index in [0.717, 1.165) is 5.56 Å². The Labute approximate surface area is 139 Å². The lowest BCUT2D eigenvalue weighted by molar-refractivity contribution is -0.137. The van der Waals surface area contributed by atoms with Gasteiger partial charge >= 0.3 is 5.97 Å². The first-order chi connectivity index (χ1) is 11.6. The van der Waals surface area contributed by atoms with Crippen molar-refractivity contribution in [3.8, 4) is 16.9 Å². The van der Waals surface area contributed by atoms with Gasteiger partial charge in [0, 0.05) is 12.0 Å². The van der Waals surface area contributed by atoms with Gasteiger partial charge < -0.3 is 9.84 Å². The predicted molar refractivity (Wildman–Crippen MR) is 90.0 cm³/mol. The van der Waals surface area contributed by atoms with Crippen molar-refractivity contribution in [1.29, 1.82) is 0 Å². The van der Waals surface area contributed by atoms with Crippen LogP contribution < -0.4 is 4.74 Å². The first-order valence-electron chi connectivity index (χ1n) is 7.74. The van der Waals surface area contributed by atoms with E-state index in [1.165, 1.54) is 6.07 Å². The maximum absolute atomic E-state index is 13.9. The van der Waals surface area contributed by atoms with Gasteiger partial charge in [-0.05, 0) is 35.8 Å². The summed E-state index contributed by atoms with van der Waals surface area (Å²) < 4.78 is 19.8. The van der Waals surface area contributed by atoms with Crippen LogP contribution in [0.5, 0.6) is 5.75 Å². The van der Waals surface area contributed by atoms with Crippen LogP contribution in [0.3, 0.4) is 0 Å². The Morgan fingerprint density at radius 3 is 2.83 bits per heavy atom. The molecule has 3 rings (SSSR count). The van der Waals surface area contributed by atoms with Gasteiger partial charge in [0.15, 0.2) is 0 Å². The third-order valence-corrected chi connectivity index (χ3v) is 3.83. The van der Waals surface area contributed by atoms with Crippen LogP contribution in [0.15, 0.2) is 72.5 Å². The Bertz CT molecular complexity index is 808. The topological polar surface area (TPSA) is 46.5 Å². The fraction of sp³-hybridized carbons (Fsp3) is 0.150. The lowest BCUT2D eigenvalue weighted by Crippen LogP contribution is -2.11. The third kappa shape index (κ3) is 3.90. The molecule has 0 saturated heterocycles. The minimum absolute atomic E-state index is 0.0720. The monoisotopic (exact) mass is 324 g/mol. The molecule has 122 valence electrons. The molecule has 0 fully saturated rings. The molecule has 0 aromatic heterocycles. The van der Waals surface area contributed by atoms with E-state index >= 15 is 0 Å². The average molecular weight is 324 g/mol. The van der Waals surface area contributed by atoms with Crippen LogP contribution >= 0.6 is 0 Å². The lowest BCUT2D eigenvalue weighted by atomic mass is 9.96. The van der Waals surface area contributed by atoms with Gasteiger partial charge in [0.05, 0.1) is 6.42 Å². The maximum atomic E-state index is 13.9. The number of hydrogen-bond acceptors (Lipinski definition) is 2. The zero-order valence-corrected chi connectivity index (χ0v) is 13.0. The van der Waals surface area contributed by atoms with Gasteiger partial charge in [0.2, 0.25) is 0 Å². The second-order valence-electron chi connectivity index (χ2n) is 5.69. The van der Waals surface area contributed by atoms with Crippen molar-refractivity contribution in [3.05, 3.63) is 78.3 Å². The second-order valence-corrected chi connectivity index (χ2v) is 5.69. The Morgan fingerprint density at radius 2 is 2.04 bits per heavy atom. The molecule has 1 unspecified atom stereocenters. The van der Waals surface area contributed by atoms with Gasteiger partial charge in [-0.15, -0.1) is 0 Å². The smallest absolute Gasteiger partial charge is 0.303 e. The minimum atomic E-state index is -0.826.